The molecule has 0 fully saturated rings. The van der Waals surface area contributed by atoms with Crippen LogP contribution in [0.4, 0.5) is 34.1 Å². The molecular formula is C70H55BN4. The minimum Gasteiger partial charge on any atom is -0.311 e. The Hall–Kier alpha value is -8.80. The van der Waals surface area contributed by atoms with Crippen molar-refractivity contribution in [3.63, 3.8) is 0 Å². The summed E-state index contributed by atoms with van der Waals surface area (Å²) in [6.45, 7) is 13.6. The first kappa shape index (κ1) is 44.9. The van der Waals surface area contributed by atoms with Gasteiger partial charge in [0.25, 0.3) is 6.71 Å². The normalized spacial score (nSPS) is 13.1. The van der Waals surface area contributed by atoms with Gasteiger partial charge in [0, 0.05) is 50.8 Å². The van der Waals surface area contributed by atoms with E-state index in [4.69, 9.17) is 9.97 Å². The summed E-state index contributed by atoms with van der Waals surface area (Å²) >= 11 is 0. The van der Waals surface area contributed by atoms with Crippen LogP contribution in [0.15, 0.2) is 224 Å². The number of anilines is 6. The molecule has 0 aliphatic carbocycles. The van der Waals surface area contributed by atoms with Crippen molar-refractivity contribution in [1.82, 2.24) is 9.97 Å². The van der Waals surface area contributed by atoms with Gasteiger partial charge < -0.3 is 9.80 Å². The van der Waals surface area contributed by atoms with Gasteiger partial charge in [-0.3, -0.25) is 0 Å². The fraction of sp³-hybridized carbons (Fsp3) is 0.114. The van der Waals surface area contributed by atoms with Crippen molar-refractivity contribution >= 4 is 100 Å². The average molecular weight is 963 g/mol. The number of rotatable bonds is 5. The lowest BCUT2D eigenvalue weighted by molar-refractivity contribution is 0.590. The van der Waals surface area contributed by atoms with Crippen molar-refractivity contribution in [2.75, 3.05) is 9.80 Å². The van der Waals surface area contributed by atoms with Crippen molar-refractivity contribution in [3.05, 3.63) is 236 Å². The van der Waals surface area contributed by atoms with E-state index in [0.717, 1.165) is 50.8 Å². The van der Waals surface area contributed by atoms with Crippen LogP contribution in [0.3, 0.4) is 0 Å². The first-order valence-corrected chi connectivity index (χ1v) is 26.3. The van der Waals surface area contributed by atoms with E-state index >= 15 is 0 Å². The zero-order valence-electron chi connectivity index (χ0n) is 43.2. The lowest BCUT2D eigenvalue weighted by atomic mass is 9.33. The first-order valence-electron chi connectivity index (χ1n) is 26.3. The molecule has 0 saturated heterocycles. The van der Waals surface area contributed by atoms with Gasteiger partial charge in [0.15, 0.2) is 5.82 Å². The molecule has 2 aliphatic rings. The predicted molar refractivity (Wildman–Crippen MR) is 320 cm³/mol. The Morgan fingerprint density at radius 2 is 0.693 bits per heavy atom. The molecule has 0 amide bonds. The van der Waals surface area contributed by atoms with Crippen LogP contribution in [0.1, 0.15) is 52.7 Å². The second-order valence-electron chi connectivity index (χ2n) is 22.7. The summed E-state index contributed by atoms with van der Waals surface area (Å²) in [7, 11) is 0. The number of hydrogen-bond donors (Lipinski definition) is 0. The molecular weight excluding hydrogens is 908 g/mol. The van der Waals surface area contributed by atoms with Gasteiger partial charge in [0.1, 0.15) is 0 Å². The highest BCUT2D eigenvalue weighted by Gasteiger charge is 2.44. The van der Waals surface area contributed by atoms with Crippen LogP contribution in [0, 0.1) is 0 Å². The molecule has 358 valence electrons. The van der Waals surface area contributed by atoms with E-state index in [-0.39, 0.29) is 17.5 Å². The molecule has 0 unspecified atom stereocenters. The molecule has 2 aliphatic heterocycles. The number of aromatic nitrogens is 2. The van der Waals surface area contributed by atoms with Gasteiger partial charge in [-0.15, -0.1) is 0 Å². The Kier molecular flexibility index (Phi) is 10.1. The highest BCUT2D eigenvalue weighted by atomic mass is 15.2. The highest BCUT2D eigenvalue weighted by molar-refractivity contribution is 7.00. The summed E-state index contributed by atoms with van der Waals surface area (Å²) < 4.78 is 0. The molecule has 3 heterocycles. The average Bonchev–Trinajstić information content (AvgIpc) is 3.43. The molecule has 11 aromatic carbocycles. The maximum Gasteiger partial charge on any atom is 0.252 e. The molecule has 0 radical (unpaired) electrons. The Morgan fingerprint density at radius 3 is 1.11 bits per heavy atom. The third kappa shape index (κ3) is 7.59. The van der Waals surface area contributed by atoms with E-state index in [1.54, 1.807) is 0 Å². The molecule has 14 rings (SSSR count). The van der Waals surface area contributed by atoms with Crippen molar-refractivity contribution in [2.45, 2.75) is 52.4 Å². The van der Waals surface area contributed by atoms with Crippen molar-refractivity contribution in [3.8, 4) is 33.9 Å². The van der Waals surface area contributed by atoms with Crippen LogP contribution in [0.5, 0.6) is 0 Å². The lowest BCUT2D eigenvalue weighted by Gasteiger charge is -2.45. The molecule has 0 N–H and O–H groups in total. The number of fused-ring (bicyclic) bond motifs is 8. The van der Waals surface area contributed by atoms with Crippen LogP contribution >= 0.6 is 0 Å². The fourth-order valence-corrected chi connectivity index (χ4v) is 11.9. The second-order valence-corrected chi connectivity index (χ2v) is 22.7. The van der Waals surface area contributed by atoms with Gasteiger partial charge in [0.2, 0.25) is 0 Å². The molecule has 1 aromatic heterocycles. The zero-order valence-corrected chi connectivity index (χ0v) is 43.2. The quantitative estimate of drug-likeness (QED) is 0.127. The molecule has 0 bridgehead atoms. The first-order chi connectivity index (χ1) is 36.4. The molecule has 4 nitrogen and oxygen atoms in total. The van der Waals surface area contributed by atoms with Crippen LogP contribution in [0.2, 0.25) is 0 Å². The van der Waals surface area contributed by atoms with Gasteiger partial charge in [0.05, 0.1) is 11.4 Å². The Balaban J connectivity index is 1.12. The summed E-state index contributed by atoms with van der Waals surface area (Å²) in [6.07, 6.45) is 0. The Morgan fingerprint density at radius 1 is 0.320 bits per heavy atom. The zero-order chi connectivity index (χ0) is 50.7. The number of nitrogens with zero attached hydrogens (tertiary/aromatic N) is 4. The van der Waals surface area contributed by atoms with E-state index in [1.807, 2.05) is 6.07 Å². The molecule has 75 heavy (non-hydrogen) atoms. The van der Waals surface area contributed by atoms with E-state index < -0.39 is 0 Å². The van der Waals surface area contributed by atoms with Crippen LogP contribution in [-0.4, -0.2) is 16.7 Å². The summed E-state index contributed by atoms with van der Waals surface area (Å²) in [4.78, 5) is 15.9. The number of benzene rings is 11. The maximum absolute atomic E-state index is 5.51. The summed E-state index contributed by atoms with van der Waals surface area (Å²) in [6, 6.07) is 83.5. The molecule has 0 spiro atoms. The Labute approximate surface area is 439 Å². The third-order valence-electron chi connectivity index (χ3n) is 15.8. The Bertz CT molecular complexity index is 3980. The van der Waals surface area contributed by atoms with Gasteiger partial charge in [-0.1, -0.05) is 187 Å². The SMILES string of the molecule is CC(C)(C)c1ccc(N2c3cc4cc5ccccc5cc4cc3B3c4cc5cc6ccccc6cc5cc4N(c4ccc(C(C)(C)C)cc4)c4cc(-c5cc(-c6ccccc6)nc(-c6ccccc6)n5)cc2c43)cc1. The van der Waals surface area contributed by atoms with Crippen molar-refractivity contribution < 1.29 is 0 Å². The monoisotopic (exact) mass is 962 g/mol. The summed E-state index contributed by atoms with van der Waals surface area (Å²) in [5, 5.41) is 9.82. The third-order valence-corrected chi connectivity index (χ3v) is 15.8. The van der Waals surface area contributed by atoms with Gasteiger partial charge in [-0.2, -0.15) is 0 Å². The van der Waals surface area contributed by atoms with Gasteiger partial charge in [-0.05, 0) is 160 Å². The molecule has 12 aromatic rings. The van der Waals surface area contributed by atoms with E-state index in [0.29, 0.717) is 5.82 Å². The minimum atomic E-state index is -0.110. The molecule has 0 atom stereocenters. The minimum absolute atomic E-state index is 0.0133. The maximum atomic E-state index is 5.51. The largest absolute Gasteiger partial charge is 0.311 e. The topological polar surface area (TPSA) is 32.3 Å². The predicted octanol–water partition coefficient (Wildman–Crippen LogP) is 16.8. The molecule has 0 saturated carbocycles. The van der Waals surface area contributed by atoms with E-state index in [2.05, 4.69) is 270 Å². The van der Waals surface area contributed by atoms with Crippen LogP contribution in [-0.2, 0) is 10.8 Å². The van der Waals surface area contributed by atoms with Crippen molar-refractivity contribution in [2.24, 2.45) is 0 Å². The lowest BCUT2D eigenvalue weighted by Crippen LogP contribution is -2.61. The van der Waals surface area contributed by atoms with Gasteiger partial charge in [-0.25, -0.2) is 9.97 Å². The van der Waals surface area contributed by atoms with Crippen molar-refractivity contribution in [1.29, 1.82) is 0 Å². The van der Waals surface area contributed by atoms with Gasteiger partial charge >= 0.3 is 0 Å². The van der Waals surface area contributed by atoms with Crippen LogP contribution in [0.25, 0.3) is 77.0 Å². The smallest absolute Gasteiger partial charge is 0.252 e. The summed E-state index contributed by atoms with van der Waals surface area (Å²) in [5.41, 5.74) is 18.0. The van der Waals surface area contributed by atoms with E-state index in [9.17, 15) is 0 Å². The second kappa shape index (κ2) is 16.9. The molecule has 5 heteroatoms. The van der Waals surface area contributed by atoms with E-state index in [1.165, 1.54) is 82.0 Å². The number of hydrogen-bond acceptors (Lipinski definition) is 4. The highest BCUT2D eigenvalue weighted by Crippen LogP contribution is 2.48. The standard InChI is InChI=1S/C70H55BN4/c1-69(2,3)55-25-29-57(30-26-55)74-63-39-52-35-48-23-15-13-21-46(48)33-50(52)37-59(63)71-60-38-51-34-47-22-14-16-24-49(47)36-53(51)40-64(60)75(58-31-27-56(28-32-58)70(4,5)6)66-42-54(41-65(74)67(66)71)62-43-61(44-17-9-7-10-18-44)72-68(73-62)45-19-11-8-12-20-45/h7-43H,1-6H3. The summed E-state index contributed by atoms with van der Waals surface area (Å²) in [5.74, 6) is 0.688. The van der Waals surface area contributed by atoms with Crippen LogP contribution < -0.4 is 26.2 Å². The fourth-order valence-electron chi connectivity index (χ4n) is 11.9.